The van der Waals surface area contributed by atoms with Crippen molar-refractivity contribution in [2.24, 2.45) is 0 Å². The second-order valence-corrected chi connectivity index (χ2v) is 9.20. The summed E-state index contributed by atoms with van der Waals surface area (Å²) in [4.78, 5) is 5.54. The molecule has 0 amide bonds. The second kappa shape index (κ2) is 11.7. The number of hydrogen-bond donors (Lipinski definition) is 0. The largest absolute Gasteiger partial charge is 0.368 e. The van der Waals surface area contributed by atoms with E-state index in [1.165, 1.54) is 114 Å². The van der Waals surface area contributed by atoms with E-state index in [1.54, 1.807) is 0 Å². The number of benzene rings is 1. The summed E-state index contributed by atoms with van der Waals surface area (Å²) in [6.07, 6.45) is 19.3. The number of anilines is 2. The number of rotatable bonds is 10. The van der Waals surface area contributed by atoms with Crippen LogP contribution in [0.2, 0.25) is 0 Å². The summed E-state index contributed by atoms with van der Waals surface area (Å²) in [5, 5.41) is 0. The molecule has 0 unspecified atom stereocenters. The van der Waals surface area contributed by atoms with Crippen molar-refractivity contribution in [3.8, 4) is 0 Å². The standard InChI is InChI=1S/C26H44N2/c1-3-5-20-27(23-14-9-7-10-15-23)25-18-13-19-26(22-25)28(21-6-4-2)24-16-11-8-12-17-24/h13,18-19,22-24H,3-12,14-17,20-21H2,1-2H3. The minimum atomic E-state index is 0.759. The first-order chi connectivity index (χ1) is 13.8. The van der Waals surface area contributed by atoms with Crippen LogP contribution < -0.4 is 9.80 Å². The van der Waals surface area contributed by atoms with Gasteiger partial charge in [0.2, 0.25) is 0 Å². The average molecular weight is 385 g/mol. The van der Waals surface area contributed by atoms with Crippen LogP contribution in [0, 0.1) is 0 Å². The number of nitrogens with zero attached hydrogens (tertiary/aromatic N) is 2. The molecule has 1 aromatic carbocycles. The van der Waals surface area contributed by atoms with E-state index in [4.69, 9.17) is 0 Å². The van der Waals surface area contributed by atoms with Gasteiger partial charge in [0.05, 0.1) is 0 Å². The highest BCUT2D eigenvalue weighted by atomic mass is 15.2. The van der Waals surface area contributed by atoms with Gasteiger partial charge in [0, 0.05) is 36.5 Å². The summed E-state index contributed by atoms with van der Waals surface area (Å²) >= 11 is 0. The molecule has 0 spiro atoms. The molecule has 28 heavy (non-hydrogen) atoms. The minimum absolute atomic E-state index is 0.759. The van der Waals surface area contributed by atoms with Crippen molar-refractivity contribution < 1.29 is 0 Å². The lowest BCUT2D eigenvalue weighted by atomic mass is 9.92. The molecule has 0 N–H and O–H groups in total. The van der Waals surface area contributed by atoms with Crippen LogP contribution in [-0.2, 0) is 0 Å². The molecule has 2 heteroatoms. The SMILES string of the molecule is CCCCN(c1cccc(N(CCCC)C2CCCCC2)c1)C1CCCCC1. The predicted octanol–water partition coefficient (Wildman–Crippen LogP) is 7.57. The molecule has 0 bridgehead atoms. The van der Waals surface area contributed by atoms with Crippen molar-refractivity contribution >= 4 is 11.4 Å². The van der Waals surface area contributed by atoms with Crippen LogP contribution in [0.15, 0.2) is 24.3 Å². The fraction of sp³-hybridized carbons (Fsp3) is 0.769. The summed E-state index contributed by atoms with van der Waals surface area (Å²) in [5.74, 6) is 0. The van der Waals surface area contributed by atoms with Gasteiger partial charge in [-0.05, 0) is 56.7 Å². The Hall–Kier alpha value is -1.18. The molecule has 2 aliphatic carbocycles. The summed E-state index contributed by atoms with van der Waals surface area (Å²) in [6, 6.07) is 11.1. The lowest BCUT2D eigenvalue weighted by molar-refractivity contribution is 0.410. The molecular weight excluding hydrogens is 340 g/mol. The maximum absolute atomic E-state index is 2.77. The van der Waals surface area contributed by atoms with Gasteiger partial charge in [0.15, 0.2) is 0 Å². The average Bonchev–Trinajstić information content (AvgIpc) is 2.76. The lowest BCUT2D eigenvalue weighted by Gasteiger charge is -2.39. The molecule has 2 nitrogen and oxygen atoms in total. The molecule has 0 aromatic heterocycles. The third-order valence-corrected chi connectivity index (χ3v) is 7.03. The Morgan fingerprint density at radius 2 is 1.11 bits per heavy atom. The molecule has 1 aromatic rings. The smallest absolute Gasteiger partial charge is 0.0389 e. The zero-order valence-electron chi connectivity index (χ0n) is 18.7. The molecule has 2 aliphatic rings. The first-order valence-electron chi connectivity index (χ1n) is 12.5. The Bertz CT molecular complexity index is 498. The van der Waals surface area contributed by atoms with Gasteiger partial charge in [-0.3, -0.25) is 0 Å². The topological polar surface area (TPSA) is 6.48 Å². The predicted molar refractivity (Wildman–Crippen MR) is 125 cm³/mol. The highest BCUT2D eigenvalue weighted by Crippen LogP contribution is 2.33. The van der Waals surface area contributed by atoms with E-state index in [2.05, 4.69) is 47.9 Å². The van der Waals surface area contributed by atoms with Gasteiger partial charge in [0.25, 0.3) is 0 Å². The van der Waals surface area contributed by atoms with Gasteiger partial charge in [0.1, 0.15) is 0 Å². The zero-order valence-corrected chi connectivity index (χ0v) is 18.7. The normalized spacial score (nSPS) is 18.9. The van der Waals surface area contributed by atoms with Crippen LogP contribution in [0.25, 0.3) is 0 Å². The van der Waals surface area contributed by atoms with Crippen molar-refractivity contribution in [3.05, 3.63) is 24.3 Å². The highest BCUT2D eigenvalue weighted by molar-refractivity contribution is 5.60. The molecule has 3 rings (SSSR count). The van der Waals surface area contributed by atoms with Crippen LogP contribution >= 0.6 is 0 Å². The van der Waals surface area contributed by atoms with Crippen molar-refractivity contribution in [1.29, 1.82) is 0 Å². The Labute approximate surface area is 174 Å². The summed E-state index contributed by atoms with van der Waals surface area (Å²) in [6.45, 7) is 7.10. The monoisotopic (exact) mass is 384 g/mol. The third kappa shape index (κ3) is 5.91. The second-order valence-electron chi connectivity index (χ2n) is 9.20. The lowest BCUT2D eigenvalue weighted by Crippen LogP contribution is -2.39. The number of hydrogen-bond acceptors (Lipinski definition) is 2. The molecule has 0 heterocycles. The molecular formula is C26H44N2. The van der Waals surface area contributed by atoms with Crippen LogP contribution in [0.1, 0.15) is 104 Å². The summed E-state index contributed by atoms with van der Waals surface area (Å²) in [5.41, 5.74) is 2.96. The molecule has 2 fully saturated rings. The van der Waals surface area contributed by atoms with Crippen LogP contribution in [-0.4, -0.2) is 25.2 Å². The molecule has 0 saturated heterocycles. The molecule has 2 saturated carbocycles. The molecule has 0 aliphatic heterocycles. The van der Waals surface area contributed by atoms with Crippen LogP contribution in [0.5, 0.6) is 0 Å². The maximum atomic E-state index is 2.77. The fourth-order valence-electron chi connectivity index (χ4n) is 5.34. The van der Waals surface area contributed by atoms with Gasteiger partial charge in [-0.25, -0.2) is 0 Å². The van der Waals surface area contributed by atoms with Gasteiger partial charge in [-0.2, -0.15) is 0 Å². The van der Waals surface area contributed by atoms with Gasteiger partial charge < -0.3 is 9.80 Å². The third-order valence-electron chi connectivity index (χ3n) is 7.03. The van der Waals surface area contributed by atoms with Crippen molar-refractivity contribution in [1.82, 2.24) is 0 Å². The van der Waals surface area contributed by atoms with Crippen LogP contribution in [0.4, 0.5) is 11.4 Å². The van der Waals surface area contributed by atoms with E-state index in [0.717, 1.165) is 12.1 Å². The Balaban J connectivity index is 1.81. The van der Waals surface area contributed by atoms with Crippen molar-refractivity contribution in [3.63, 3.8) is 0 Å². The van der Waals surface area contributed by atoms with Gasteiger partial charge >= 0.3 is 0 Å². The van der Waals surface area contributed by atoms with Gasteiger partial charge in [-0.1, -0.05) is 71.3 Å². The van der Waals surface area contributed by atoms with Crippen LogP contribution in [0.3, 0.4) is 0 Å². The Morgan fingerprint density at radius 3 is 1.50 bits per heavy atom. The molecule has 158 valence electrons. The summed E-state index contributed by atoms with van der Waals surface area (Å²) < 4.78 is 0. The molecule has 0 radical (unpaired) electrons. The minimum Gasteiger partial charge on any atom is -0.368 e. The van der Waals surface area contributed by atoms with Crippen molar-refractivity contribution in [2.45, 2.75) is 116 Å². The fourth-order valence-corrected chi connectivity index (χ4v) is 5.34. The first kappa shape index (κ1) is 21.5. The quantitative estimate of drug-likeness (QED) is 0.410. The van der Waals surface area contributed by atoms with E-state index < -0.39 is 0 Å². The number of unbranched alkanes of at least 4 members (excludes halogenated alkanes) is 2. The van der Waals surface area contributed by atoms with Gasteiger partial charge in [-0.15, -0.1) is 0 Å². The molecule has 0 atom stereocenters. The summed E-state index contributed by atoms with van der Waals surface area (Å²) in [7, 11) is 0. The van der Waals surface area contributed by atoms with E-state index in [9.17, 15) is 0 Å². The van der Waals surface area contributed by atoms with E-state index >= 15 is 0 Å². The first-order valence-corrected chi connectivity index (χ1v) is 12.5. The highest BCUT2D eigenvalue weighted by Gasteiger charge is 2.24. The maximum Gasteiger partial charge on any atom is 0.0389 e. The van der Waals surface area contributed by atoms with Crippen molar-refractivity contribution in [2.75, 3.05) is 22.9 Å². The van der Waals surface area contributed by atoms with E-state index in [1.807, 2.05) is 0 Å². The van der Waals surface area contributed by atoms with E-state index in [0.29, 0.717) is 0 Å². The Kier molecular flexibility index (Phi) is 9.02. The van der Waals surface area contributed by atoms with E-state index in [-0.39, 0.29) is 0 Å². The Morgan fingerprint density at radius 1 is 0.679 bits per heavy atom. The zero-order chi connectivity index (χ0) is 19.6.